The number of thioether (sulfide) groups is 1. The van der Waals surface area contributed by atoms with Crippen LogP contribution in [0, 0.1) is 22.7 Å². The number of unbranched alkanes of at least 4 members (excludes halogenated alkanes) is 2. The number of nitrogens with zero attached hydrogens (tertiary/aromatic N) is 4. The number of aromatic nitrogens is 2. The van der Waals surface area contributed by atoms with Crippen molar-refractivity contribution in [3.63, 3.8) is 0 Å². The molecule has 346 valence electrons. The molecule has 0 spiro atoms. The number of anilines is 1. The average molecular weight is 933 g/mol. The van der Waals surface area contributed by atoms with Gasteiger partial charge in [0.25, 0.3) is 0 Å². The normalized spacial score (nSPS) is 12.2. The van der Waals surface area contributed by atoms with E-state index in [1.165, 1.54) is 18.0 Å². The number of nitrogens with two attached hydrogens (primary N) is 5. The van der Waals surface area contributed by atoms with Crippen molar-refractivity contribution in [3.05, 3.63) is 76.6 Å². The Bertz CT molecular complexity index is 2280. The number of ether oxygens (including phenoxy) is 3. The molecule has 0 aliphatic rings. The minimum absolute atomic E-state index is 0.00881. The van der Waals surface area contributed by atoms with Crippen molar-refractivity contribution in [3.8, 4) is 40.5 Å². The quantitative estimate of drug-likeness (QED) is 0.0256. The van der Waals surface area contributed by atoms with Crippen LogP contribution in [-0.4, -0.2) is 91.3 Å². The van der Waals surface area contributed by atoms with E-state index in [1.807, 2.05) is 0 Å². The first-order valence-corrected chi connectivity index (χ1v) is 22.3. The number of pyridine rings is 1. The van der Waals surface area contributed by atoms with Crippen LogP contribution in [0.1, 0.15) is 68.2 Å². The molecule has 0 saturated carbocycles. The highest BCUT2D eigenvalue weighted by Gasteiger charge is 2.23. The maximum absolute atomic E-state index is 12.9. The first-order chi connectivity index (χ1) is 31.4. The number of rotatable bonds is 27. The summed E-state index contributed by atoms with van der Waals surface area (Å²) in [6.45, 7) is 0.254. The van der Waals surface area contributed by atoms with Crippen LogP contribution < -0.4 is 44.0 Å². The van der Waals surface area contributed by atoms with E-state index in [0.29, 0.717) is 66.7 Å². The fraction of sp³-hybridized carbons (Fsp3) is 0.409. The minimum Gasteiger partial charge on any atom is -0.490 e. The Balaban J connectivity index is 1.41. The summed E-state index contributed by atoms with van der Waals surface area (Å²) in [4.78, 5) is 59.1. The summed E-state index contributed by atoms with van der Waals surface area (Å²) < 4.78 is 22.5. The van der Waals surface area contributed by atoms with Crippen molar-refractivity contribution in [1.29, 1.82) is 10.5 Å². The van der Waals surface area contributed by atoms with Gasteiger partial charge in [-0.05, 0) is 80.7 Å². The van der Waals surface area contributed by atoms with E-state index in [0.717, 1.165) is 18.4 Å². The molecule has 2 heterocycles. The van der Waals surface area contributed by atoms with Crippen LogP contribution in [0.5, 0.6) is 5.75 Å². The summed E-state index contributed by atoms with van der Waals surface area (Å²) in [5.41, 5.74) is 31.3. The van der Waals surface area contributed by atoms with Gasteiger partial charge in [-0.1, -0.05) is 48.3 Å². The van der Waals surface area contributed by atoms with Crippen LogP contribution >= 0.6 is 23.4 Å². The lowest BCUT2D eigenvalue weighted by Crippen LogP contribution is -2.41. The molecule has 21 heteroatoms. The Morgan fingerprint density at radius 3 is 1.95 bits per heavy atom. The minimum atomic E-state index is -1.09. The van der Waals surface area contributed by atoms with Crippen LogP contribution in [-0.2, 0) is 34.4 Å². The van der Waals surface area contributed by atoms with Crippen molar-refractivity contribution in [1.82, 2.24) is 20.6 Å². The highest BCUT2D eigenvalue weighted by atomic mass is 35.5. The largest absolute Gasteiger partial charge is 0.490 e. The van der Waals surface area contributed by atoms with E-state index < -0.39 is 48.5 Å². The van der Waals surface area contributed by atoms with Gasteiger partial charge in [0.15, 0.2) is 6.10 Å². The SMILES string of the molecule is N#Cc1c(N)nc(SCc2coc(-c3ccc(Cl)cc3)n2)c(C#N)c1-c1ccc(OC[C@@H](COC(=O)CCNC(=O)[C@@H](N)CCCCN)OC(=O)CCNC(=O)[C@@H](N)CCCCN)cc1. The zero-order chi connectivity index (χ0) is 47.1. The van der Waals surface area contributed by atoms with Gasteiger partial charge >= 0.3 is 11.9 Å². The Morgan fingerprint density at radius 1 is 0.785 bits per heavy atom. The van der Waals surface area contributed by atoms with Gasteiger partial charge < -0.3 is 57.9 Å². The fourth-order valence-electron chi connectivity index (χ4n) is 6.07. The molecule has 19 nitrogen and oxygen atoms in total. The second kappa shape index (κ2) is 27.2. The number of benzene rings is 2. The second-order valence-corrected chi connectivity index (χ2v) is 16.0. The van der Waals surface area contributed by atoms with Crippen LogP contribution in [0.3, 0.4) is 0 Å². The smallest absolute Gasteiger partial charge is 0.308 e. The maximum atomic E-state index is 12.9. The van der Waals surface area contributed by atoms with Crippen LogP contribution in [0.4, 0.5) is 5.82 Å². The molecule has 65 heavy (non-hydrogen) atoms. The van der Waals surface area contributed by atoms with Gasteiger partial charge in [0.1, 0.15) is 53.8 Å². The number of nitrogen functional groups attached to an aromatic ring is 1. The van der Waals surface area contributed by atoms with E-state index in [-0.39, 0.29) is 65.8 Å². The molecule has 4 aromatic rings. The Labute approximate surface area is 386 Å². The lowest BCUT2D eigenvalue weighted by molar-refractivity contribution is -0.160. The number of nitrogens with one attached hydrogen (secondary N) is 2. The Hall–Kier alpha value is -6.26. The Morgan fingerprint density at radius 2 is 1.37 bits per heavy atom. The zero-order valence-electron chi connectivity index (χ0n) is 35.8. The van der Waals surface area contributed by atoms with Gasteiger partial charge in [-0.2, -0.15) is 10.5 Å². The fourth-order valence-corrected chi connectivity index (χ4v) is 7.07. The molecular weight excluding hydrogens is 878 g/mol. The standard InChI is InChI=1S/C44H54ClN11O8S/c45-29-11-7-28(8-12-29)43-55-30(23-63-43)26-65-44-34(22-49)39(33(21-48)40(52)56-44)27-9-13-31(14-10-27)61-24-32(64-38(58)16-20-54-42(60)36(51)6-2-4-18-47)25-62-37(57)15-19-53-41(59)35(50)5-1-3-17-46/h7-14,23,32,35-36H,1-6,15-20,24-26,46-47,50-51H2,(H2,52,56)(H,53,59)(H,54,60)/t32-,35-,36-/m0/s1. The molecule has 0 bridgehead atoms. The third kappa shape index (κ3) is 16.7. The summed E-state index contributed by atoms with van der Waals surface area (Å²) in [7, 11) is 0. The number of nitriles is 2. The third-order valence-electron chi connectivity index (χ3n) is 9.59. The van der Waals surface area contributed by atoms with Gasteiger partial charge in [0.2, 0.25) is 17.7 Å². The molecule has 0 aliphatic carbocycles. The number of halogens is 1. The maximum Gasteiger partial charge on any atom is 0.308 e. The van der Waals surface area contributed by atoms with E-state index >= 15 is 0 Å². The summed E-state index contributed by atoms with van der Waals surface area (Å²) in [5, 5.41) is 26.5. The van der Waals surface area contributed by atoms with E-state index in [4.69, 9.17) is 58.9 Å². The van der Waals surface area contributed by atoms with Crippen molar-refractivity contribution >= 4 is 52.9 Å². The molecule has 0 aliphatic heterocycles. The van der Waals surface area contributed by atoms with E-state index in [1.54, 1.807) is 48.5 Å². The van der Waals surface area contributed by atoms with Gasteiger partial charge in [0.05, 0.1) is 36.2 Å². The van der Waals surface area contributed by atoms with Crippen LogP contribution in [0.2, 0.25) is 5.02 Å². The number of carbonyl (C=O) groups is 4. The molecule has 2 aromatic carbocycles. The number of esters is 2. The van der Waals surface area contributed by atoms with Crippen LogP contribution in [0.15, 0.2) is 64.2 Å². The van der Waals surface area contributed by atoms with Gasteiger partial charge in [-0.25, -0.2) is 9.97 Å². The van der Waals surface area contributed by atoms with Gasteiger partial charge in [-0.3, -0.25) is 19.2 Å². The molecule has 12 N–H and O–H groups in total. The molecule has 0 radical (unpaired) electrons. The number of amides is 2. The first kappa shape index (κ1) is 51.4. The highest BCUT2D eigenvalue weighted by Crippen LogP contribution is 2.37. The lowest BCUT2D eigenvalue weighted by atomic mass is 9.97. The van der Waals surface area contributed by atoms with E-state index in [9.17, 15) is 29.7 Å². The molecule has 2 aromatic heterocycles. The highest BCUT2D eigenvalue weighted by molar-refractivity contribution is 7.98. The van der Waals surface area contributed by atoms with E-state index in [2.05, 4.69) is 32.7 Å². The molecule has 0 fully saturated rings. The lowest BCUT2D eigenvalue weighted by Gasteiger charge is -2.19. The number of hydrogen-bond acceptors (Lipinski definition) is 18. The first-order valence-electron chi connectivity index (χ1n) is 20.9. The number of oxazole rings is 1. The summed E-state index contributed by atoms with van der Waals surface area (Å²) in [5.74, 6) is -1.31. The van der Waals surface area contributed by atoms with Crippen molar-refractivity contribution in [2.75, 3.05) is 45.1 Å². The summed E-state index contributed by atoms with van der Waals surface area (Å²) in [6.07, 6.45) is 3.77. The predicted octanol–water partition coefficient (Wildman–Crippen LogP) is 3.43. The number of carbonyl (C=O) groups excluding carboxylic acids is 4. The van der Waals surface area contributed by atoms with Crippen molar-refractivity contribution < 1.29 is 37.8 Å². The zero-order valence-corrected chi connectivity index (χ0v) is 37.3. The third-order valence-corrected chi connectivity index (χ3v) is 10.9. The number of hydrogen-bond donors (Lipinski definition) is 7. The van der Waals surface area contributed by atoms with Crippen molar-refractivity contribution in [2.45, 2.75) is 80.3 Å². The van der Waals surface area contributed by atoms with Crippen LogP contribution in [0.25, 0.3) is 22.6 Å². The molecule has 4 rings (SSSR count). The van der Waals surface area contributed by atoms with Gasteiger partial charge in [0, 0.05) is 35.0 Å². The monoisotopic (exact) mass is 931 g/mol. The van der Waals surface area contributed by atoms with Gasteiger partial charge in [-0.15, -0.1) is 0 Å². The molecule has 3 atom stereocenters. The summed E-state index contributed by atoms with van der Waals surface area (Å²) in [6, 6.07) is 16.2. The van der Waals surface area contributed by atoms with Crippen molar-refractivity contribution in [2.24, 2.45) is 22.9 Å². The molecular formula is C44H54ClN11O8S. The second-order valence-electron chi connectivity index (χ2n) is 14.6. The predicted molar refractivity (Wildman–Crippen MR) is 243 cm³/mol. The summed E-state index contributed by atoms with van der Waals surface area (Å²) >= 11 is 7.20. The molecule has 2 amide bonds. The topological polar surface area (TPSA) is 337 Å². The molecule has 0 unspecified atom stereocenters. The molecule has 0 saturated heterocycles. The average Bonchev–Trinajstić information content (AvgIpc) is 3.78. The Kier molecular flexibility index (Phi) is 21.5.